The summed E-state index contributed by atoms with van der Waals surface area (Å²) in [5, 5.41) is 11.4. The van der Waals surface area contributed by atoms with Gasteiger partial charge in [0.1, 0.15) is 0 Å². The van der Waals surface area contributed by atoms with Gasteiger partial charge in [-0.05, 0) is 11.4 Å². The second kappa shape index (κ2) is 4.95. The van der Waals surface area contributed by atoms with E-state index in [9.17, 15) is 0 Å². The lowest BCUT2D eigenvalue weighted by atomic mass is 10.3. The van der Waals surface area contributed by atoms with E-state index in [1.807, 2.05) is 16.8 Å². The highest BCUT2D eigenvalue weighted by molar-refractivity contribution is 7.08. The van der Waals surface area contributed by atoms with Gasteiger partial charge in [0.05, 0.1) is 6.54 Å². The summed E-state index contributed by atoms with van der Waals surface area (Å²) in [7, 11) is 0. The molecule has 1 fully saturated rings. The Morgan fingerprint density at radius 1 is 1.41 bits per heavy atom. The van der Waals surface area contributed by atoms with Gasteiger partial charge in [-0.3, -0.25) is 4.90 Å². The average molecular weight is 250 g/mol. The predicted octanol–water partition coefficient (Wildman–Crippen LogP) is 1.20. The quantitative estimate of drug-likeness (QED) is 0.887. The van der Waals surface area contributed by atoms with Crippen LogP contribution in [0.1, 0.15) is 5.89 Å². The number of nitrogens with one attached hydrogen (secondary N) is 1. The molecule has 1 N–H and O–H groups in total. The van der Waals surface area contributed by atoms with Crippen molar-refractivity contribution in [3.8, 4) is 11.4 Å². The van der Waals surface area contributed by atoms with Crippen molar-refractivity contribution in [1.29, 1.82) is 0 Å². The van der Waals surface area contributed by atoms with Crippen molar-refractivity contribution in [2.75, 3.05) is 26.2 Å². The lowest BCUT2D eigenvalue weighted by molar-refractivity contribution is 0.203. The summed E-state index contributed by atoms with van der Waals surface area (Å²) in [5.41, 5.74) is 1.03. The van der Waals surface area contributed by atoms with E-state index in [4.69, 9.17) is 4.52 Å². The molecule has 0 bridgehead atoms. The van der Waals surface area contributed by atoms with Gasteiger partial charge in [0, 0.05) is 37.1 Å². The zero-order chi connectivity index (χ0) is 11.5. The van der Waals surface area contributed by atoms with Crippen molar-refractivity contribution >= 4 is 11.3 Å². The highest BCUT2D eigenvalue weighted by atomic mass is 32.1. The Kier molecular flexibility index (Phi) is 3.17. The fraction of sp³-hybridized carbons (Fsp3) is 0.455. The van der Waals surface area contributed by atoms with Crippen molar-refractivity contribution < 1.29 is 4.52 Å². The van der Waals surface area contributed by atoms with Crippen LogP contribution in [0.15, 0.2) is 21.3 Å². The van der Waals surface area contributed by atoms with Gasteiger partial charge >= 0.3 is 0 Å². The highest BCUT2D eigenvalue weighted by Gasteiger charge is 2.14. The maximum absolute atomic E-state index is 5.27. The molecule has 0 amide bonds. The third-order valence-corrected chi connectivity index (χ3v) is 3.50. The van der Waals surface area contributed by atoms with Crippen molar-refractivity contribution in [3.63, 3.8) is 0 Å². The molecular weight excluding hydrogens is 236 g/mol. The Morgan fingerprint density at radius 3 is 3.06 bits per heavy atom. The van der Waals surface area contributed by atoms with Gasteiger partial charge in [0.15, 0.2) is 0 Å². The fourth-order valence-corrected chi connectivity index (χ4v) is 2.52. The van der Waals surface area contributed by atoms with E-state index in [1.165, 1.54) is 0 Å². The molecule has 2 aromatic heterocycles. The molecule has 1 aliphatic heterocycles. The van der Waals surface area contributed by atoms with Crippen molar-refractivity contribution in [3.05, 3.63) is 22.7 Å². The van der Waals surface area contributed by atoms with E-state index in [1.54, 1.807) is 11.3 Å². The van der Waals surface area contributed by atoms with E-state index in [2.05, 4.69) is 20.4 Å². The number of hydrogen-bond acceptors (Lipinski definition) is 6. The van der Waals surface area contributed by atoms with Crippen LogP contribution in [0.3, 0.4) is 0 Å². The standard InChI is InChI=1S/C11H14N4OS/c1-6-17-8-9(1)11-13-10(16-14-11)7-15-4-2-12-3-5-15/h1,6,8,12H,2-5,7H2. The highest BCUT2D eigenvalue weighted by Crippen LogP contribution is 2.19. The molecule has 90 valence electrons. The lowest BCUT2D eigenvalue weighted by Crippen LogP contribution is -2.42. The normalized spacial score (nSPS) is 17.4. The van der Waals surface area contributed by atoms with Crippen LogP contribution in [0, 0.1) is 0 Å². The lowest BCUT2D eigenvalue weighted by Gasteiger charge is -2.25. The van der Waals surface area contributed by atoms with E-state index in [0.29, 0.717) is 11.7 Å². The van der Waals surface area contributed by atoms with Crippen molar-refractivity contribution in [2.45, 2.75) is 6.54 Å². The van der Waals surface area contributed by atoms with Crippen LogP contribution in [0.5, 0.6) is 0 Å². The number of aromatic nitrogens is 2. The van der Waals surface area contributed by atoms with Crippen LogP contribution >= 0.6 is 11.3 Å². The summed E-state index contributed by atoms with van der Waals surface area (Å²) in [6.45, 7) is 4.89. The first-order valence-corrected chi connectivity index (χ1v) is 6.64. The molecule has 0 radical (unpaired) electrons. The molecule has 5 nitrogen and oxygen atoms in total. The number of hydrogen-bond donors (Lipinski definition) is 1. The minimum atomic E-state index is 0.691. The molecule has 2 aromatic rings. The monoisotopic (exact) mass is 250 g/mol. The summed E-state index contributed by atoms with van der Waals surface area (Å²) in [6.07, 6.45) is 0. The molecule has 3 heterocycles. The van der Waals surface area contributed by atoms with Crippen LogP contribution in [-0.2, 0) is 6.54 Å². The molecule has 6 heteroatoms. The number of rotatable bonds is 3. The summed E-state index contributed by atoms with van der Waals surface area (Å²) < 4.78 is 5.27. The van der Waals surface area contributed by atoms with Crippen LogP contribution < -0.4 is 5.32 Å². The Bertz CT molecular complexity index is 462. The third-order valence-electron chi connectivity index (χ3n) is 2.82. The maximum atomic E-state index is 5.27. The van der Waals surface area contributed by atoms with Crippen LogP contribution in [-0.4, -0.2) is 41.2 Å². The molecule has 17 heavy (non-hydrogen) atoms. The Hall–Kier alpha value is -1.24. The van der Waals surface area contributed by atoms with E-state index < -0.39 is 0 Å². The Balaban J connectivity index is 1.68. The van der Waals surface area contributed by atoms with Gasteiger partial charge in [0.2, 0.25) is 11.7 Å². The third kappa shape index (κ3) is 2.54. The summed E-state index contributed by atoms with van der Waals surface area (Å²) in [4.78, 5) is 6.73. The SMILES string of the molecule is c1cc(-c2noc(CN3CCNCC3)n2)cs1. The van der Waals surface area contributed by atoms with E-state index in [-0.39, 0.29) is 0 Å². The molecule has 0 aromatic carbocycles. The van der Waals surface area contributed by atoms with Crippen LogP contribution in [0.4, 0.5) is 0 Å². The maximum Gasteiger partial charge on any atom is 0.241 e. The molecule has 0 unspecified atom stereocenters. The predicted molar refractivity (Wildman–Crippen MR) is 65.8 cm³/mol. The molecule has 0 saturated carbocycles. The molecule has 0 atom stereocenters. The van der Waals surface area contributed by atoms with E-state index >= 15 is 0 Å². The second-order valence-electron chi connectivity index (χ2n) is 4.05. The zero-order valence-corrected chi connectivity index (χ0v) is 10.2. The van der Waals surface area contributed by atoms with Gasteiger partial charge in [-0.2, -0.15) is 16.3 Å². The zero-order valence-electron chi connectivity index (χ0n) is 9.43. The van der Waals surface area contributed by atoms with Gasteiger partial charge < -0.3 is 9.84 Å². The Morgan fingerprint density at radius 2 is 2.29 bits per heavy atom. The van der Waals surface area contributed by atoms with Gasteiger partial charge in [-0.25, -0.2) is 0 Å². The molecule has 3 rings (SSSR count). The van der Waals surface area contributed by atoms with Crippen molar-refractivity contribution in [1.82, 2.24) is 20.4 Å². The largest absolute Gasteiger partial charge is 0.338 e. The Labute approximate surface area is 103 Å². The molecule has 0 spiro atoms. The van der Waals surface area contributed by atoms with Crippen molar-refractivity contribution in [2.24, 2.45) is 0 Å². The summed E-state index contributed by atoms with van der Waals surface area (Å²) in [5.74, 6) is 1.39. The summed E-state index contributed by atoms with van der Waals surface area (Å²) >= 11 is 1.64. The topological polar surface area (TPSA) is 54.2 Å². The summed E-state index contributed by atoms with van der Waals surface area (Å²) in [6, 6.07) is 2.00. The number of thiophene rings is 1. The first-order chi connectivity index (χ1) is 8.42. The minimum absolute atomic E-state index is 0.691. The average Bonchev–Trinajstić information content (AvgIpc) is 3.00. The molecule has 1 aliphatic rings. The molecular formula is C11H14N4OS. The van der Waals surface area contributed by atoms with Crippen LogP contribution in [0.25, 0.3) is 11.4 Å². The first kappa shape index (κ1) is 10.9. The van der Waals surface area contributed by atoms with Gasteiger partial charge in [0.25, 0.3) is 0 Å². The minimum Gasteiger partial charge on any atom is -0.338 e. The first-order valence-electron chi connectivity index (χ1n) is 5.70. The van der Waals surface area contributed by atoms with Gasteiger partial charge in [-0.15, -0.1) is 0 Å². The van der Waals surface area contributed by atoms with Gasteiger partial charge in [-0.1, -0.05) is 5.16 Å². The smallest absolute Gasteiger partial charge is 0.241 e. The van der Waals surface area contributed by atoms with Crippen LogP contribution in [0.2, 0.25) is 0 Å². The van der Waals surface area contributed by atoms with E-state index in [0.717, 1.165) is 38.3 Å². The fourth-order valence-electron chi connectivity index (χ4n) is 1.89. The molecule has 1 saturated heterocycles. The number of piperazine rings is 1. The molecule has 0 aliphatic carbocycles. The number of nitrogens with zero attached hydrogens (tertiary/aromatic N) is 3. The second-order valence-corrected chi connectivity index (χ2v) is 4.83.